The SMILES string of the molecule is C/C=C/C(=O)c1cncc(OCC)c1. The smallest absolute Gasteiger partial charge is 0.187 e. The van der Waals surface area contributed by atoms with Crippen molar-refractivity contribution < 1.29 is 9.53 Å². The van der Waals surface area contributed by atoms with Crippen LogP contribution in [0.5, 0.6) is 5.75 Å². The summed E-state index contributed by atoms with van der Waals surface area (Å²) >= 11 is 0. The van der Waals surface area contributed by atoms with Gasteiger partial charge in [0.25, 0.3) is 0 Å². The molecule has 0 amide bonds. The third-order valence-corrected chi connectivity index (χ3v) is 1.63. The minimum Gasteiger partial charge on any atom is -0.492 e. The van der Waals surface area contributed by atoms with Gasteiger partial charge < -0.3 is 4.74 Å². The average molecular weight is 191 g/mol. The lowest BCUT2D eigenvalue weighted by Gasteiger charge is -2.02. The van der Waals surface area contributed by atoms with Gasteiger partial charge in [-0.25, -0.2) is 0 Å². The highest BCUT2D eigenvalue weighted by molar-refractivity contribution is 6.04. The van der Waals surface area contributed by atoms with Crippen LogP contribution in [-0.4, -0.2) is 17.4 Å². The van der Waals surface area contributed by atoms with Gasteiger partial charge in [0.15, 0.2) is 5.78 Å². The Morgan fingerprint density at radius 1 is 1.57 bits per heavy atom. The zero-order chi connectivity index (χ0) is 10.4. The molecule has 1 aromatic rings. The Hall–Kier alpha value is -1.64. The predicted molar refractivity (Wildman–Crippen MR) is 54.6 cm³/mol. The molecule has 3 heteroatoms. The fourth-order valence-corrected chi connectivity index (χ4v) is 1.05. The summed E-state index contributed by atoms with van der Waals surface area (Å²) in [7, 11) is 0. The summed E-state index contributed by atoms with van der Waals surface area (Å²) in [6, 6.07) is 1.69. The standard InChI is InChI=1S/C11H13NO2/c1-3-5-11(13)9-6-10(14-4-2)8-12-7-9/h3,5-8H,4H2,1-2H3/b5-3+. The number of hydrogen-bond acceptors (Lipinski definition) is 3. The predicted octanol–water partition coefficient (Wildman–Crippen LogP) is 2.24. The minimum atomic E-state index is -0.0541. The highest BCUT2D eigenvalue weighted by atomic mass is 16.5. The summed E-state index contributed by atoms with van der Waals surface area (Å²) in [5, 5.41) is 0. The van der Waals surface area contributed by atoms with E-state index in [-0.39, 0.29) is 5.78 Å². The van der Waals surface area contributed by atoms with Crippen molar-refractivity contribution in [2.45, 2.75) is 13.8 Å². The number of allylic oxidation sites excluding steroid dienone is 2. The van der Waals surface area contributed by atoms with Gasteiger partial charge in [-0.05, 0) is 26.0 Å². The van der Waals surface area contributed by atoms with Crippen molar-refractivity contribution in [3.8, 4) is 5.75 Å². The number of hydrogen-bond donors (Lipinski definition) is 0. The first-order valence-electron chi connectivity index (χ1n) is 4.52. The lowest BCUT2D eigenvalue weighted by atomic mass is 10.2. The van der Waals surface area contributed by atoms with E-state index in [0.717, 1.165) is 0 Å². The third-order valence-electron chi connectivity index (χ3n) is 1.63. The van der Waals surface area contributed by atoms with Gasteiger partial charge >= 0.3 is 0 Å². The van der Waals surface area contributed by atoms with E-state index in [0.29, 0.717) is 17.9 Å². The highest BCUT2D eigenvalue weighted by Crippen LogP contribution is 2.11. The summed E-state index contributed by atoms with van der Waals surface area (Å²) in [5.74, 6) is 0.574. The number of rotatable bonds is 4. The van der Waals surface area contributed by atoms with Crippen LogP contribution in [0.25, 0.3) is 0 Å². The first-order valence-corrected chi connectivity index (χ1v) is 4.52. The molecule has 14 heavy (non-hydrogen) atoms. The van der Waals surface area contributed by atoms with Crippen LogP contribution in [0.3, 0.4) is 0 Å². The van der Waals surface area contributed by atoms with Gasteiger partial charge in [0.2, 0.25) is 0 Å². The molecule has 0 aromatic carbocycles. The van der Waals surface area contributed by atoms with E-state index in [1.54, 1.807) is 25.3 Å². The largest absolute Gasteiger partial charge is 0.492 e. The molecule has 0 aliphatic rings. The van der Waals surface area contributed by atoms with Gasteiger partial charge in [-0.3, -0.25) is 9.78 Å². The van der Waals surface area contributed by atoms with Crippen molar-refractivity contribution in [3.63, 3.8) is 0 Å². The molecule has 0 unspecified atom stereocenters. The van der Waals surface area contributed by atoms with E-state index < -0.39 is 0 Å². The molecule has 74 valence electrons. The van der Waals surface area contributed by atoms with Gasteiger partial charge in [0, 0.05) is 11.8 Å². The number of carbonyl (C=O) groups is 1. The van der Waals surface area contributed by atoms with E-state index >= 15 is 0 Å². The molecule has 0 saturated heterocycles. The summed E-state index contributed by atoms with van der Waals surface area (Å²) < 4.78 is 5.24. The second kappa shape index (κ2) is 5.17. The van der Waals surface area contributed by atoms with Crippen molar-refractivity contribution in [1.29, 1.82) is 0 Å². The van der Waals surface area contributed by atoms with Crippen molar-refractivity contribution in [2.75, 3.05) is 6.61 Å². The van der Waals surface area contributed by atoms with Crippen molar-refractivity contribution >= 4 is 5.78 Å². The fraction of sp³-hybridized carbons (Fsp3) is 0.273. The number of ether oxygens (including phenoxy) is 1. The molecule has 0 radical (unpaired) electrons. The molecular formula is C11H13NO2. The number of nitrogens with zero attached hydrogens (tertiary/aromatic N) is 1. The molecule has 0 atom stereocenters. The fourth-order valence-electron chi connectivity index (χ4n) is 1.05. The highest BCUT2D eigenvalue weighted by Gasteiger charge is 2.03. The molecule has 0 aliphatic carbocycles. The second-order valence-corrected chi connectivity index (χ2v) is 2.71. The topological polar surface area (TPSA) is 39.2 Å². The Kier molecular flexibility index (Phi) is 3.85. The lowest BCUT2D eigenvalue weighted by Crippen LogP contribution is -1.98. The van der Waals surface area contributed by atoms with Gasteiger partial charge in [-0.2, -0.15) is 0 Å². The third kappa shape index (κ3) is 2.69. The van der Waals surface area contributed by atoms with Crippen LogP contribution in [0.1, 0.15) is 24.2 Å². The molecule has 1 rings (SSSR count). The summed E-state index contributed by atoms with van der Waals surface area (Å²) in [5.41, 5.74) is 0.550. The summed E-state index contributed by atoms with van der Waals surface area (Å²) in [4.78, 5) is 15.3. The van der Waals surface area contributed by atoms with Crippen LogP contribution in [0, 0.1) is 0 Å². The van der Waals surface area contributed by atoms with Crippen LogP contribution < -0.4 is 4.74 Å². The van der Waals surface area contributed by atoms with Crippen LogP contribution in [0.2, 0.25) is 0 Å². The average Bonchev–Trinajstić information content (AvgIpc) is 2.19. The van der Waals surface area contributed by atoms with Crippen LogP contribution in [0.4, 0.5) is 0 Å². The molecule has 0 bridgehead atoms. The summed E-state index contributed by atoms with van der Waals surface area (Å²) in [6.45, 7) is 4.26. The lowest BCUT2D eigenvalue weighted by molar-refractivity contribution is 0.104. The number of aromatic nitrogens is 1. The van der Waals surface area contributed by atoms with Crippen molar-refractivity contribution in [1.82, 2.24) is 4.98 Å². The maximum Gasteiger partial charge on any atom is 0.187 e. The molecule has 0 N–H and O–H groups in total. The Balaban J connectivity index is 2.87. The molecule has 0 spiro atoms. The van der Waals surface area contributed by atoms with Gasteiger partial charge in [-0.15, -0.1) is 0 Å². The Bertz CT molecular complexity index is 345. The van der Waals surface area contributed by atoms with Crippen LogP contribution >= 0.6 is 0 Å². The van der Waals surface area contributed by atoms with E-state index in [2.05, 4.69) is 4.98 Å². The molecule has 1 heterocycles. The number of pyridine rings is 1. The van der Waals surface area contributed by atoms with Gasteiger partial charge in [-0.1, -0.05) is 6.08 Å². The van der Waals surface area contributed by atoms with Gasteiger partial charge in [0.05, 0.1) is 12.8 Å². The minimum absolute atomic E-state index is 0.0541. The normalized spacial score (nSPS) is 10.4. The monoisotopic (exact) mass is 191 g/mol. The van der Waals surface area contributed by atoms with E-state index in [1.165, 1.54) is 12.3 Å². The maximum absolute atomic E-state index is 11.4. The zero-order valence-corrected chi connectivity index (χ0v) is 8.36. The van der Waals surface area contributed by atoms with Crippen molar-refractivity contribution in [2.24, 2.45) is 0 Å². The molecular weight excluding hydrogens is 178 g/mol. The first kappa shape index (κ1) is 10.4. The van der Waals surface area contributed by atoms with Crippen LogP contribution in [-0.2, 0) is 0 Å². The molecule has 1 aromatic heterocycles. The summed E-state index contributed by atoms with van der Waals surface area (Å²) in [6.07, 6.45) is 6.34. The Morgan fingerprint density at radius 2 is 2.36 bits per heavy atom. The van der Waals surface area contributed by atoms with Crippen molar-refractivity contribution in [3.05, 3.63) is 36.2 Å². The molecule has 0 fully saturated rings. The molecule has 3 nitrogen and oxygen atoms in total. The van der Waals surface area contributed by atoms with Crippen LogP contribution in [0.15, 0.2) is 30.6 Å². The Labute approximate surface area is 83.4 Å². The van der Waals surface area contributed by atoms with E-state index in [1.807, 2.05) is 6.92 Å². The molecule has 0 saturated carbocycles. The van der Waals surface area contributed by atoms with E-state index in [4.69, 9.17) is 4.74 Å². The maximum atomic E-state index is 11.4. The number of ketones is 1. The second-order valence-electron chi connectivity index (χ2n) is 2.71. The zero-order valence-electron chi connectivity index (χ0n) is 8.36. The quantitative estimate of drug-likeness (QED) is 0.541. The first-order chi connectivity index (χ1) is 6.77. The molecule has 0 aliphatic heterocycles. The number of carbonyl (C=O) groups excluding carboxylic acids is 1. The Morgan fingerprint density at radius 3 is 3.00 bits per heavy atom. The van der Waals surface area contributed by atoms with E-state index in [9.17, 15) is 4.79 Å². The van der Waals surface area contributed by atoms with Gasteiger partial charge in [0.1, 0.15) is 5.75 Å².